The molecule has 0 radical (unpaired) electrons. The maximum atomic E-state index is 12.0. The van der Waals surface area contributed by atoms with Crippen molar-refractivity contribution < 1.29 is 4.79 Å². The van der Waals surface area contributed by atoms with Gasteiger partial charge in [0, 0.05) is 10.6 Å². The minimum Gasteiger partial charge on any atom is -0.346 e. The SMILES string of the molecule is C[C@H](NC(=O)c1ccc(Cl)cc1)c1ccccc1. The molecule has 2 rings (SSSR count). The molecule has 1 N–H and O–H groups in total. The highest BCUT2D eigenvalue weighted by molar-refractivity contribution is 6.30. The lowest BCUT2D eigenvalue weighted by molar-refractivity contribution is 0.0940. The molecule has 0 heterocycles. The van der Waals surface area contributed by atoms with Gasteiger partial charge < -0.3 is 5.32 Å². The van der Waals surface area contributed by atoms with Gasteiger partial charge in [-0.15, -0.1) is 0 Å². The van der Waals surface area contributed by atoms with E-state index in [1.54, 1.807) is 24.3 Å². The van der Waals surface area contributed by atoms with Gasteiger partial charge in [-0.05, 0) is 36.8 Å². The van der Waals surface area contributed by atoms with E-state index in [1.165, 1.54) is 0 Å². The summed E-state index contributed by atoms with van der Waals surface area (Å²) >= 11 is 5.79. The first-order chi connectivity index (χ1) is 8.66. The van der Waals surface area contributed by atoms with Gasteiger partial charge in [0.2, 0.25) is 0 Å². The number of hydrogen-bond donors (Lipinski definition) is 1. The smallest absolute Gasteiger partial charge is 0.251 e. The fourth-order valence-corrected chi connectivity index (χ4v) is 1.83. The first-order valence-corrected chi connectivity index (χ1v) is 6.16. The van der Waals surface area contributed by atoms with E-state index in [1.807, 2.05) is 37.3 Å². The molecule has 0 saturated heterocycles. The molecule has 2 aromatic rings. The van der Waals surface area contributed by atoms with Crippen molar-refractivity contribution in [3.8, 4) is 0 Å². The second-order valence-corrected chi connectivity index (χ2v) is 4.55. The van der Waals surface area contributed by atoms with Crippen molar-refractivity contribution in [3.63, 3.8) is 0 Å². The van der Waals surface area contributed by atoms with Crippen LogP contribution in [0.2, 0.25) is 5.02 Å². The van der Waals surface area contributed by atoms with Crippen molar-refractivity contribution in [2.45, 2.75) is 13.0 Å². The summed E-state index contributed by atoms with van der Waals surface area (Å²) < 4.78 is 0. The summed E-state index contributed by atoms with van der Waals surface area (Å²) in [6.45, 7) is 1.96. The van der Waals surface area contributed by atoms with Crippen LogP contribution in [0.1, 0.15) is 28.9 Å². The van der Waals surface area contributed by atoms with Crippen molar-refractivity contribution in [2.75, 3.05) is 0 Å². The molecule has 0 spiro atoms. The summed E-state index contributed by atoms with van der Waals surface area (Å²) in [5.41, 5.74) is 1.70. The van der Waals surface area contributed by atoms with E-state index in [-0.39, 0.29) is 11.9 Å². The van der Waals surface area contributed by atoms with E-state index in [4.69, 9.17) is 11.6 Å². The van der Waals surface area contributed by atoms with Crippen molar-refractivity contribution >= 4 is 17.5 Å². The van der Waals surface area contributed by atoms with Crippen LogP contribution >= 0.6 is 11.6 Å². The van der Waals surface area contributed by atoms with Gasteiger partial charge in [0.1, 0.15) is 0 Å². The average Bonchev–Trinajstić information content (AvgIpc) is 2.40. The van der Waals surface area contributed by atoms with E-state index in [0.717, 1.165) is 5.56 Å². The number of amides is 1. The topological polar surface area (TPSA) is 29.1 Å². The maximum absolute atomic E-state index is 12.0. The van der Waals surface area contributed by atoms with Gasteiger partial charge in [0.25, 0.3) is 5.91 Å². The second kappa shape index (κ2) is 5.69. The molecule has 0 aliphatic heterocycles. The average molecular weight is 260 g/mol. The summed E-state index contributed by atoms with van der Waals surface area (Å²) in [5.74, 6) is -0.0944. The van der Waals surface area contributed by atoms with Crippen molar-refractivity contribution in [3.05, 3.63) is 70.7 Å². The molecule has 0 aliphatic carbocycles. The molecule has 2 aromatic carbocycles. The largest absolute Gasteiger partial charge is 0.346 e. The van der Waals surface area contributed by atoms with Crippen LogP contribution in [0.25, 0.3) is 0 Å². The zero-order valence-corrected chi connectivity index (χ0v) is 10.8. The number of carbonyl (C=O) groups excluding carboxylic acids is 1. The Morgan fingerprint density at radius 2 is 1.67 bits per heavy atom. The lowest BCUT2D eigenvalue weighted by Crippen LogP contribution is -2.26. The Hall–Kier alpha value is -1.80. The summed E-state index contributed by atoms with van der Waals surface area (Å²) in [5, 5.41) is 3.58. The van der Waals surface area contributed by atoms with Gasteiger partial charge in [-0.3, -0.25) is 4.79 Å². The Labute approximate surface area is 112 Å². The quantitative estimate of drug-likeness (QED) is 0.892. The van der Waals surface area contributed by atoms with Crippen LogP contribution < -0.4 is 5.32 Å². The Morgan fingerprint density at radius 3 is 2.28 bits per heavy atom. The molecule has 0 saturated carbocycles. The summed E-state index contributed by atoms with van der Waals surface area (Å²) in [6, 6.07) is 16.7. The van der Waals surface area contributed by atoms with Crippen LogP contribution in [-0.4, -0.2) is 5.91 Å². The number of rotatable bonds is 3. The van der Waals surface area contributed by atoms with E-state index in [0.29, 0.717) is 10.6 Å². The zero-order chi connectivity index (χ0) is 13.0. The Bertz CT molecular complexity index is 522. The number of nitrogens with one attached hydrogen (secondary N) is 1. The van der Waals surface area contributed by atoms with Crippen LogP contribution in [0, 0.1) is 0 Å². The molecule has 3 heteroatoms. The second-order valence-electron chi connectivity index (χ2n) is 4.11. The first kappa shape index (κ1) is 12.7. The van der Waals surface area contributed by atoms with Gasteiger partial charge >= 0.3 is 0 Å². The molecule has 0 fully saturated rings. The Balaban J connectivity index is 2.06. The molecule has 1 amide bonds. The van der Waals surface area contributed by atoms with Crippen LogP contribution in [0.4, 0.5) is 0 Å². The third-order valence-corrected chi connectivity index (χ3v) is 3.01. The lowest BCUT2D eigenvalue weighted by atomic mass is 10.1. The fraction of sp³-hybridized carbons (Fsp3) is 0.133. The molecule has 0 bridgehead atoms. The predicted octanol–water partition coefficient (Wildman–Crippen LogP) is 3.83. The maximum Gasteiger partial charge on any atom is 0.251 e. The summed E-state index contributed by atoms with van der Waals surface area (Å²) in [7, 11) is 0. The van der Waals surface area contributed by atoms with E-state index in [9.17, 15) is 4.79 Å². The predicted molar refractivity (Wildman–Crippen MR) is 73.8 cm³/mol. The van der Waals surface area contributed by atoms with E-state index < -0.39 is 0 Å². The fourth-order valence-electron chi connectivity index (χ4n) is 1.71. The van der Waals surface area contributed by atoms with Crippen molar-refractivity contribution in [1.82, 2.24) is 5.32 Å². The van der Waals surface area contributed by atoms with Crippen molar-refractivity contribution in [2.24, 2.45) is 0 Å². The third-order valence-electron chi connectivity index (χ3n) is 2.75. The van der Waals surface area contributed by atoms with Crippen LogP contribution in [-0.2, 0) is 0 Å². The Morgan fingerprint density at radius 1 is 1.06 bits per heavy atom. The highest BCUT2D eigenvalue weighted by Gasteiger charge is 2.10. The summed E-state index contributed by atoms with van der Waals surface area (Å²) in [4.78, 5) is 12.0. The monoisotopic (exact) mass is 259 g/mol. The van der Waals surface area contributed by atoms with Crippen LogP contribution in [0.3, 0.4) is 0 Å². The van der Waals surface area contributed by atoms with Gasteiger partial charge in [-0.1, -0.05) is 41.9 Å². The van der Waals surface area contributed by atoms with Gasteiger partial charge in [0.05, 0.1) is 6.04 Å². The molecule has 0 aliphatic rings. The molecular formula is C15H14ClNO. The number of hydrogen-bond acceptors (Lipinski definition) is 1. The molecule has 0 aromatic heterocycles. The Kier molecular flexibility index (Phi) is 4.00. The minimum atomic E-state index is -0.0944. The number of halogens is 1. The molecule has 1 atom stereocenters. The highest BCUT2D eigenvalue weighted by Crippen LogP contribution is 2.13. The van der Waals surface area contributed by atoms with Gasteiger partial charge in [0.15, 0.2) is 0 Å². The van der Waals surface area contributed by atoms with Crippen molar-refractivity contribution in [1.29, 1.82) is 0 Å². The minimum absolute atomic E-state index is 0.0191. The number of benzene rings is 2. The molecule has 18 heavy (non-hydrogen) atoms. The van der Waals surface area contributed by atoms with Crippen LogP contribution in [0.5, 0.6) is 0 Å². The molecule has 2 nitrogen and oxygen atoms in total. The molecular weight excluding hydrogens is 246 g/mol. The highest BCUT2D eigenvalue weighted by atomic mass is 35.5. The van der Waals surface area contributed by atoms with Crippen LogP contribution in [0.15, 0.2) is 54.6 Å². The van der Waals surface area contributed by atoms with Gasteiger partial charge in [-0.2, -0.15) is 0 Å². The van der Waals surface area contributed by atoms with E-state index >= 15 is 0 Å². The lowest BCUT2D eigenvalue weighted by Gasteiger charge is -2.14. The molecule has 92 valence electrons. The van der Waals surface area contributed by atoms with E-state index in [2.05, 4.69) is 5.32 Å². The normalized spacial score (nSPS) is 11.9. The standard InChI is InChI=1S/C15H14ClNO/c1-11(12-5-3-2-4-6-12)17-15(18)13-7-9-14(16)10-8-13/h2-11H,1H3,(H,17,18)/t11-/m0/s1. The number of carbonyl (C=O) groups is 1. The summed E-state index contributed by atoms with van der Waals surface area (Å²) in [6.07, 6.45) is 0. The first-order valence-electron chi connectivity index (χ1n) is 5.78. The van der Waals surface area contributed by atoms with Gasteiger partial charge in [-0.25, -0.2) is 0 Å². The third kappa shape index (κ3) is 3.11. The molecule has 0 unspecified atom stereocenters. The zero-order valence-electron chi connectivity index (χ0n) is 10.1.